The number of carbonyl (C=O) groups excluding carboxylic acids is 1. The number of aromatic hydroxyl groups is 1. The van der Waals surface area contributed by atoms with Crippen LogP contribution in [0.4, 0.5) is 17.1 Å². The van der Waals surface area contributed by atoms with Gasteiger partial charge in [0.2, 0.25) is 0 Å². The number of hydrogen-bond donors (Lipinski definition) is 2. The van der Waals surface area contributed by atoms with Crippen molar-refractivity contribution in [3.63, 3.8) is 0 Å². The van der Waals surface area contributed by atoms with E-state index < -0.39 is 0 Å². The number of carbonyl (C=O) groups is 1. The summed E-state index contributed by atoms with van der Waals surface area (Å²) in [6.45, 7) is 12.7. The minimum absolute atomic E-state index is 0.0121. The van der Waals surface area contributed by atoms with E-state index in [0.717, 1.165) is 108 Å². The standard InChI is InChI=1S/C51H59N7O3/c1-33-45(16-17-48(52)53-33)58-29-38-25-47-46(26-44(38)50(58)60)54(2)30-40-31-55(22-23-57(40)47)28-34-27-51(61-32-34)18-20-56(21-19-51)39-11-8-36(9-12-39)49-42(35-6-4-3-5-7-35)14-10-37-24-41(59)13-15-43(37)49/h3-9,11-13,15,24-26,34,40,42,45,49,59H,1,10,14,16-23,27-32H2,2H3,(H2,52,53)/t34?,40-,42-,45?,49+/m1/s1. The molecule has 0 bridgehead atoms. The Balaban J connectivity index is 0.708. The van der Waals surface area contributed by atoms with Gasteiger partial charge in [-0.25, -0.2) is 4.99 Å². The summed E-state index contributed by atoms with van der Waals surface area (Å²) in [5.41, 5.74) is 17.7. The number of fused-ring (bicyclic) bond motifs is 5. The van der Waals surface area contributed by atoms with Crippen molar-refractivity contribution in [2.24, 2.45) is 16.6 Å². The molecule has 0 saturated carbocycles. The molecule has 10 heteroatoms. The third-order valence-electron chi connectivity index (χ3n) is 15.4. The fourth-order valence-electron chi connectivity index (χ4n) is 12.3. The van der Waals surface area contributed by atoms with Crippen molar-refractivity contribution in [3.05, 3.63) is 131 Å². The molecule has 3 saturated heterocycles. The van der Waals surface area contributed by atoms with Gasteiger partial charge in [0.25, 0.3) is 5.91 Å². The number of hydrogen-bond acceptors (Lipinski definition) is 9. The first-order valence-electron chi connectivity index (χ1n) is 22.7. The first-order valence-corrected chi connectivity index (χ1v) is 22.7. The van der Waals surface area contributed by atoms with Gasteiger partial charge in [0.05, 0.1) is 47.2 Å². The summed E-state index contributed by atoms with van der Waals surface area (Å²) in [7, 11) is 2.18. The number of amidine groups is 1. The second-order valence-electron chi connectivity index (χ2n) is 19.1. The topological polar surface area (TPSA) is 101 Å². The van der Waals surface area contributed by atoms with Gasteiger partial charge < -0.3 is 35.2 Å². The molecule has 3 fully saturated rings. The molecule has 11 rings (SSSR count). The zero-order chi connectivity index (χ0) is 41.4. The van der Waals surface area contributed by atoms with Gasteiger partial charge in [-0.05, 0) is 115 Å². The fraction of sp³-hybridized carbons (Fsp3) is 0.451. The number of nitrogens with two attached hydrogens (primary N) is 1. The van der Waals surface area contributed by atoms with Crippen LogP contribution in [0, 0.1) is 5.92 Å². The second-order valence-corrected chi connectivity index (χ2v) is 19.1. The van der Waals surface area contributed by atoms with E-state index in [4.69, 9.17) is 10.5 Å². The third-order valence-corrected chi connectivity index (χ3v) is 15.4. The molecule has 4 aromatic carbocycles. The molecule has 6 aliphatic heterocycles. The van der Waals surface area contributed by atoms with Crippen LogP contribution in [0.5, 0.6) is 5.75 Å². The zero-order valence-electron chi connectivity index (χ0n) is 35.5. The summed E-state index contributed by atoms with van der Waals surface area (Å²) in [5.74, 6) is 2.26. The lowest BCUT2D eigenvalue weighted by Crippen LogP contribution is -2.60. The largest absolute Gasteiger partial charge is 0.508 e. The molecule has 6 heterocycles. The van der Waals surface area contributed by atoms with Gasteiger partial charge >= 0.3 is 0 Å². The molecule has 1 spiro atoms. The highest BCUT2D eigenvalue weighted by Gasteiger charge is 2.45. The van der Waals surface area contributed by atoms with Gasteiger partial charge in [-0.3, -0.25) is 9.69 Å². The Labute approximate surface area is 360 Å². The van der Waals surface area contributed by atoms with E-state index in [1.54, 1.807) is 0 Å². The number of ether oxygens (including phenoxy) is 1. The van der Waals surface area contributed by atoms with E-state index in [1.165, 1.54) is 33.6 Å². The lowest BCUT2D eigenvalue weighted by atomic mass is 9.69. The molecule has 5 atom stereocenters. The number of rotatable bonds is 6. The van der Waals surface area contributed by atoms with E-state index in [2.05, 4.69) is 111 Å². The molecule has 7 aliphatic rings. The van der Waals surface area contributed by atoms with Crippen molar-refractivity contribution >= 4 is 28.8 Å². The normalized spacial score (nSPS) is 27.2. The summed E-state index contributed by atoms with van der Waals surface area (Å²) in [6.07, 6.45) is 6.81. The molecular formula is C51H59N7O3. The minimum atomic E-state index is -0.0970. The van der Waals surface area contributed by atoms with Crippen molar-refractivity contribution in [1.82, 2.24) is 9.80 Å². The number of phenols is 1. The molecule has 3 N–H and O–H groups in total. The smallest absolute Gasteiger partial charge is 0.255 e. The van der Waals surface area contributed by atoms with Gasteiger partial charge in [0, 0.05) is 83.0 Å². The van der Waals surface area contributed by atoms with Gasteiger partial charge in [-0.15, -0.1) is 0 Å². The van der Waals surface area contributed by atoms with Crippen molar-refractivity contribution in [1.29, 1.82) is 0 Å². The van der Waals surface area contributed by atoms with Crippen LogP contribution >= 0.6 is 0 Å². The van der Waals surface area contributed by atoms with Crippen LogP contribution in [0.2, 0.25) is 0 Å². The molecule has 1 aliphatic carbocycles. The molecule has 1 amide bonds. The highest BCUT2D eigenvalue weighted by atomic mass is 16.5. The average molecular weight is 818 g/mol. The summed E-state index contributed by atoms with van der Waals surface area (Å²) in [4.78, 5) is 30.3. The van der Waals surface area contributed by atoms with Crippen molar-refractivity contribution < 1.29 is 14.6 Å². The lowest BCUT2D eigenvalue weighted by molar-refractivity contribution is -0.0155. The summed E-state index contributed by atoms with van der Waals surface area (Å²) in [6, 6.07) is 31.1. The first-order chi connectivity index (χ1) is 29.7. The van der Waals surface area contributed by atoms with E-state index in [-0.39, 0.29) is 23.5 Å². The number of piperazine rings is 1. The molecule has 0 aromatic heterocycles. The number of likely N-dealkylation sites (N-methyl/N-ethyl adjacent to an activating group) is 1. The Morgan fingerprint density at radius 1 is 0.869 bits per heavy atom. The lowest BCUT2D eigenvalue weighted by Gasteiger charge is -2.49. The number of phenolic OH excluding ortho intramolecular Hbond substituents is 1. The monoisotopic (exact) mass is 817 g/mol. The highest BCUT2D eigenvalue weighted by molar-refractivity contribution is 6.01. The number of piperidine rings is 1. The zero-order valence-corrected chi connectivity index (χ0v) is 35.5. The Morgan fingerprint density at radius 3 is 2.49 bits per heavy atom. The molecule has 10 nitrogen and oxygen atoms in total. The number of aryl methyl sites for hydroxylation is 1. The van der Waals surface area contributed by atoms with Crippen molar-refractivity contribution in [2.75, 3.05) is 74.2 Å². The van der Waals surface area contributed by atoms with E-state index >= 15 is 0 Å². The minimum Gasteiger partial charge on any atom is -0.508 e. The van der Waals surface area contributed by atoms with Crippen LogP contribution in [-0.4, -0.2) is 104 Å². The first kappa shape index (κ1) is 38.6. The van der Waals surface area contributed by atoms with E-state index in [9.17, 15) is 9.90 Å². The van der Waals surface area contributed by atoms with Crippen LogP contribution in [0.15, 0.2) is 102 Å². The predicted molar refractivity (Wildman–Crippen MR) is 243 cm³/mol. The predicted octanol–water partition coefficient (Wildman–Crippen LogP) is 7.26. The van der Waals surface area contributed by atoms with Crippen LogP contribution in [-0.2, 0) is 17.7 Å². The SMILES string of the molecule is C=C1N=C(N)CCC1N1Cc2cc3c(cc2C1=O)N(C)C[C@@H]1CN(CC2COC4(CCN(c5ccc([C@@H]6c7ccc(O)cc7CC[C@@H]6c6ccccc6)cc5)CC4)C2)CCN31. The number of anilines is 3. The number of nitrogens with zero attached hydrogens (tertiary/aromatic N) is 6. The fourth-order valence-corrected chi connectivity index (χ4v) is 12.3. The summed E-state index contributed by atoms with van der Waals surface area (Å²) >= 11 is 0. The molecule has 4 aromatic rings. The number of benzene rings is 4. The van der Waals surface area contributed by atoms with Gasteiger partial charge in [0.1, 0.15) is 5.75 Å². The molecular weight excluding hydrogens is 759 g/mol. The molecule has 0 radical (unpaired) electrons. The van der Waals surface area contributed by atoms with Crippen molar-refractivity contribution in [3.8, 4) is 5.75 Å². The highest BCUT2D eigenvalue weighted by Crippen LogP contribution is 2.48. The van der Waals surface area contributed by atoms with Gasteiger partial charge in [0.15, 0.2) is 0 Å². The molecule has 61 heavy (non-hydrogen) atoms. The van der Waals surface area contributed by atoms with Crippen LogP contribution < -0.4 is 20.4 Å². The number of amides is 1. The Kier molecular flexibility index (Phi) is 9.64. The second kappa shape index (κ2) is 15.2. The average Bonchev–Trinajstić information content (AvgIpc) is 3.81. The maximum Gasteiger partial charge on any atom is 0.255 e. The van der Waals surface area contributed by atoms with Gasteiger partial charge in [-0.1, -0.05) is 55.1 Å². The molecule has 316 valence electrons. The number of aliphatic imine (C=N–C) groups is 1. The third kappa shape index (κ3) is 6.96. The summed E-state index contributed by atoms with van der Waals surface area (Å²) in [5, 5.41) is 10.3. The molecule has 2 unspecified atom stereocenters. The Bertz CT molecular complexity index is 2370. The van der Waals surface area contributed by atoms with Crippen LogP contribution in [0.25, 0.3) is 0 Å². The van der Waals surface area contributed by atoms with Crippen molar-refractivity contribution in [2.45, 2.75) is 81.0 Å². The summed E-state index contributed by atoms with van der Waals surface area (Å²) < 4.78 is 6.76. The Hall–Kier alpha value is -5.32. The van der Waals surface area contributed by atoms with Gasteiger partial charge in [-0.2, -0.15) is 0 Å². The van der Waals surface area contributed by atoms with E-state index in [0.29, 0.717) is 48.1 Å². The maximum atomic E-state index is 13.7. The Morgan fingerprint density at radius 2 is 1.69 bits per heavy atom. The van der Waals surface area contributed by atoms with Crippen LogP contribution in [0.3, 0.4) is 0 Å². The maximum absolute atomic E-state index is 13.7. The quantitative estimate of drug-likeness (QED) is 0.210. The van der Waals surface area contributed by atoms with E-state index in [1.807, 2.05) is 17.0 Å². The van der Waals surface area contributed by atoms with Crippen LogP contribution in [0.1, 0.15) is 88.5 Å².